The van der Waals surface area contributed by atoms with Gasteiger partial charge >= 0.3 is 0 Å². The highest BCUT2D eigenvalue weighted by atomic mass is 16.7. The molecular weight excluding hydrogens is 226 g/mol. The summed E-state index contributed by atoms with van der Waals surface area (Å²) in [4.78, 5) is 15.4. The van der Waals surface area contributed by atoms with Gasteiger partial charge in [-0.1, -0.05) is 5.16 Å². The van der Waals surface area contributed by atoms with Crippen LogP contribution in [0, 0.1) is 17.0 Å². The second kappa shape index (κ2) is 4.96. The highest BCUT2D eigenvalue weighted by Crippen LogP contribution is 2.21. The molecule has 0 radical (unpaired) electrons. The Balaban J connectivity index is 2.09. The van der Waals surface area contributed by atoms with Crippen LogP contribution < -0.4 is 0 Å². The van der Waals surface area contributed by atoms with Gasteiger partial charge < -0.3 is 4.52 Å². The normalized spacial score (nSPS) is 18.6. The van der Waals surface area contributed by atoms with E-state index in [1.807, 2.05) is 6.92 Å². The van der Waals surface area contributed by atoms with Crippen LogP contribution in [0.3, 0.4) is 0 Å². The first-order chi connectivity index (χ1) is 8.15. The predicted molar refractivity (Wildman–Crippen MR) is 57.0 cm³/mol. The van der Waals surface area contributed by atoms with E-state index in [1.165, 1.54) is 5.06 Å². The van der Waals surface area contributed by atoms with Crippen molar-refractivity contribution in [2.24, 2.45) is 0 Å². The smallest absolute Gasteiger partial charge is 0.255 e. The van der Waals surface area contributed by atoms with Crippen molar-refractivity contribution in [2.75, 3.05) is 6.61 Å². The van der Waals surface area contributed by atoms with Crippen molar-refractivity contribution in [1.29, 1.82) is 0 Å². The molecule has 92 valence electrons. The van der Waals surface area contributed by atoms with Gasteiger partial charge in [-0.2, -0.15) is 0 Å². The summed E-state index contributed by atoms with van der Waals surface area (Å²) in [6.45, 7) is 2.71. The molecule has 0 bridgehead atoms. The molecule has 0 aromatic carbocycles. The number of aromatic nitrogens is 1. The lowest BCUT2D eigenvalue weighted by atomic mass is 10.2. The third-order valence-corrected chi connectivity index (χ3v) is 2.38. The van der Waals surface area contributed by atoms with Crippen molar-refractivity contribution in [3.63, 3.8) is 0 Å². The van der Waals surface area contributed by atoms with Crippen molar-refractivity contribution >= 4 is 0 Å². The Morgan fingerprint density at radius 3 is 3.18 bits per heavy atom. The van der Waals surface area contributed by atoms with Crippen LogP contribution in [0.1, 0.15) is 24.3 Å². The van der Waals surface area contributed by atoms with Gasteiger partial charge in [0.05, 0.1) is 17.2 Å². The van der Waals surface area contributed by atoms with Crippen LogP contribution in [-0.4, -0.2) is 21.8 Å². The van der Waals surface area contributed by atoms with E-state index in [0.29, 0.717) is 31.0 Å². The standard InChI is InChI=1S/C10H13N3O4/c1-8-5-10(17-11-8)7-12-9(6-13(14)15)3-2-4-16-12/h5-6H,2-4,7H2,1H3. The van der Waals surface area contributed by atoms with E-state index < -0.39 is 4.92 Å². The minimum atomic E-state index is -0.470. The summed E-state index contributed by atoms with van der Waals surface area (Å²) in [5.74, 6) is 0.624. The Morgan fingerprint density at radius 1 is 1.71 bits per heavy atom. The summed E-state index contributed by atoms with van der Waals surface area (Å²) in [5, 5.41) is 15.7. The fourth-order valence-electron chi connectivity index (χ4n) is 1.67. The van der Waals surface area contributed by atoms with E-state index in [1.54, 1.807) is 6.07 Å². The minimum Gasteiger partial charge on any atom is -0.359 e. The van der Waals surface area contributed by atoms with Crippen LogP contribution in [0.25, 0.3) is 0 Å². The molecule has 17 heavy (non-hydrogen) atoms. The average molecular weight is 239 g/mol. The molecule has 0 unspecified atom stereocenters. The summed E-state index contributed by atoms with van der Waals surface area (Å²) < 4.78 is 5.05. The lowest BCUT2D eigenvalue weighted by Crippen LogP contribution is -2.28. The summed E-state index contributed by atoms with van der Waals surface area (Å²) >= 11 is 0. The van der Waals surface area contributed by atoms with Crippen molar-refractivity contribution in [3.8, 4) is 0 Å². The van der Waals surface area contributed by atoms with Crippen LogP contribution in [0.4, 0.5) is 0 Å². The van der Waals surface area contributed by atoms with Crippen LogP contribution in [-0.2, 0) is 11.4 Å². The molecule has 1 aromatic rings. The Bertz CT molecular complexity index is 441. The van der Waals surface area contributed by atoms with E-state index in [2.05, 4.69) is 5.16 Å². The Hall–Kier alpha value is -1.89. The molecule has 0 atom stereocenters. The molecule has 0 aliphatic carbocycles. The number of hydrogen-bond acceptors (Lipinski definition) is 6. The number of aryl methyl sites for hydroxylation is 1. The number of nitro groups is 1. The first-order valence-corrected chi connectivity index (χ1v) is 5.32. The quantitative estimate of drug-likeness (QED) is 0.589. The second-order valence-electron chi connectivity index (χ2n) is 3.81. The molecule has 1 aliphatic rings. The van der Waals surface area contributed by atoms with E-state index in [0.717, 1.165) is 18.3 Å². The van der Waals surface area contributed by atoms with Gasteiger partial charge in [0.15, 0.2) is 5.76 Å². The monoisotopic (exact) mass is 239 g/mol. The molecule has 7 heteroatoms. The molecule has 0 N–H and O–H groups in total. The average Bonchev–Trinajstić information content (AvgIpc) is 2.66. The largest absolute Gasteiger partial charge is 0.359 e. The van der Waals surface area contributed by atoms with Crippen LogP contribution >= 0.6 is 0 Å². The van der Waals surface area contributed by atoms with Crippen molar-refractivity contribution < 1.29 is 14.3 Å². The fourth-order valence-corrected chi connectivity index (χ4v) is 1.67. The number of nitrogens with zero attached hydrogens (tertiary/aromatic N) is 3. The molecule has 0 spiro atoms. The van der Waals surface area contributed by atoms with Gasteiger partial charge in [0.1, 0.15) is 12.2 Å². The van der Waals surface area contributed by atoms with Gasteiger partial charge in [0.2, 0.25) is 0 Å². The highest BCUT2D eigenvalue weighted by Gasteiger charge is 2.20. The van der Waals surface area contributed by atoms with Gasteiger partial charge in [-0.05, 0) is 19.8 Å². The number of hydrogen-bond donors (Lipinski definition) is 0. The molecule has 1 aromatic heterocycles. The first-order valence-electron chi connectivity index (χ1n) is 5.32. The van der Waals surface area contributed by atoms with Crippen LogP contribution in [0.15, 0.2) is 22.5 Å². The SMILES string of the molecule is Cc1cc(CN2OCCCC2=C[N+](=O)[O-])on1. The Kier molecular flexibility index (Phi) is 3.38. The Morgan fingerprint density at radius 2 is 2.53 bits per heavy atom. The molecule has 7 nitrogen and oxygen atoms in total. The van der Waals surface area contributed by atoms with Gasteiger partial charge in [-0.25, -0.2) is 5.06 Å². The van der Waals surface area contributed by atoms with Crippen LogP contribution in [0.2, 0.25) is 0 Å². The third kappa shape index (κ3) is 3.04. The third-order valence-electron chi connectivity index (χ3n) is 2.38. The lowest BCUT2D eigenvalue weighted by molar-refractivity contribution is -0.406. The molecule has 1 fully saturated rings. The second-order valence-corrected chi connectivity index (χ2v) is 3.81. The molecule has 1 aliphatic heterocycles. The number of hydroxylamine groups is 2. The molecule has 2 heterocycles. The number of allylic oxidation sites excluding steroid dienone is 1. The summed E-state index contributed by atoms with van der Waals surface area (Å²) in [5.41, 5.74) is 1.33. The van der Waals surface area contributed by atoms with Gasteiger partial charge in [-0.3, -0.25) is 15.0 Å². The topological polar surface area (TPSA) is 81.6 Å². The zero-order valence-electron chi connectivity index (χ0n) is 9.46. The molecule has 2 rings (SSSR count). The summed E-state index contributed by atoms with van der Waals surface area (Å²) in [6, 6.07) is 1.78. The van der Waals surface area contributed by atoms with E-state index in [9.17, 15) is 10.1 Å². The van der Waals surface area contributed by atoms with Crippen molar-refractivity contribution in [1.82, 2.24) is 10.2 Å². The lowest BCUT2D eigenvalue weighted by Gasteiger charge is -2.27. The Labute approximate surface area is 97.7 Å². The van der Waals surface area contributed by atoms with Crippen molar-refractivity contribution in [3.05, 3.63) is 39.5 Å². The summed E-state index contributed by atoms with van der Waals surface area (Å²) in [6.07, 6.45) is 2.39. The maximum Gasteiger partial charge on any atom is 0.255 e. The number of rotatable bonds is 3. The van der Waals surface area contributed by atoms with Gasteiger partial charge in [0.25, 0.3) is 6.20 Å². The summed E-state index contributed by atoms with van der Waals surface area (Å²) in [7, 11) is 0. The predicted octanol–water partition coefficient (Wildman–Crippen LogP) is 1.63. The fraction of sp³-hybridized carbons (Fsp3) is 0.500. The van der Waals surface area contributed by atoms with Gasteiger partial charge in [0, 0.05) is 6.07 Å². The van der Waals surface area contributed by atoms with E-state index in [-0.39, 0.29) is 0 Å². The molecular formula is C10H13N3O4. The maximum atomic E-state index is 10.5. The van der Waals surface area contributed by atoms with E-state index >= 15 is 0 Å². The van der Waals surface area contributed by atoms with E-state index in [4.69, 9.17) is 9.36 Å². The highest BCUT2D eigenvalue weighted by molar-refractivity contribution is 5.05. The molecule has 1 saturated heterocycles. The van der Waals surface area contributed by atoms with Crippen LogP contribution in [0.5, 0.6) is 0 Å². The molecule has 0 saturated carbocycles. The zero-order chi connectivity index (χ0) is 12.3. The van der Waals surface area contributed by atoms with Crippen molar-refractivity contribution in [2.45, 2.75) is 26.3 Å². The minimum absolute atomic E-state index is 0.334. The van der Waals surface area contributed by atoms with Gasteiger partial charge in [-0.15, -0.1) is 0 Å². The zero-order valence-corrected chi connectivity index (χ0v) is 9.46. The maximum absolute atomic E-state index is 10.5. The molecule has 0 amide bonds. The first kappa shape index (κ1) is 11.6.